The van der Waals surface area contributed by atoms with Gasteiger partial charge in [0.05, 0.1) is 5.56 Å². The number of amides is 1. The Morgan fingerprint density at radius 1 is 1.44 bits per heavy atom. The van der Waals surface area contributed by atoms with Gasteiger partial charge in [-0.3, -0.25) is 4.79 Å². The molecule has 1 aromatic rings. The smallest absolute Gasteiger partial charge is 0.255 e. The zero-order valence-corrected chi connectivity index (χ0v) is 11.5. The van der Waals surface area contributed by atoms with Crippen molar-refractivity contribution in [2.24, 2.45) is 5.92 Å². The second kappa shape index (κ2) is 6.19. The third kappa shape index (κ3) is 3.22. The van der Waals surface area contributed by atoms with Crippen molar-refractivity contribution in [3.05, 3.63) is 29.0 Å². The molecule has 0 radical (unpaired) electrons. The molecule has 1 fully saturated rings. The maximum absolute atomic E-state index is 12.2. The summed E-state index contributed by atoms with van der Waals surface area (Å²) in [6.45, 7) is 3.95. The Labute approximate surface area is 113 Å². The lowest BCUT2D eigenvalue weighted by Gasteiger charge is -2.31. The molecule has 98 valence electrons. The van der Waals surface area contributed by atoms with Gasteiger partial charge in [0, 0.05) is 19.3 Å². The molecule has 0 atom stereocenters. The summed E-state index contributed by atoms with van der Waals surface area (Å²) in [5.74, 6) is 0.872. The lowest BCUT2D eigenvalue weighted by molar-refractivity contribution is 0.0686. The summed E-state index contributed by atoms with van der Waals surface area (Å²) in [6, 6.07) is 3.41. The molecule has 0 aliphatic carbocycles. The molecule has 3 nitrogen and oxygen atoms in total. The summed E-state index contributed by atoms with van der Waals surface area (Å²) < 4.78 is 0. The third-order valence-corrected chi connectivity index (χ3v) is 3.80. The van der Waals surface area contributed by atoms with Gasteiger partial charge in [-0.05, 0) is 30.9 Å². The number of hydrogen-bond acceptors (Lipinski definition) is 2. The fourth-order valence-corrected chi connectivity index (χ4v) is 2.63. The molecule has 0 spiro atoms. The van der Waals surface area contributed by atoms with Gasteiger partial charge in [-0.15, -0.1) is 0 Å². The molecule has 0 saturated carbocycles. The van der Waals surface area contributed by atoms with Crippen LogP contribution in [0.1, 0.15) is 43.0 Å². The van der Waals surface area contributed by atoms with E-state index < -0.39 is 0 Å². The molecule has 0 N–H and O–H groups in total. The average Bonchev–Trinajstić information content (AvgIpc) is 2.40. The van der Waals surface area contributed by atoms with E-state index >= 15 is 0 Å². The van der Waals surface area contributed by atoms with Crippen molar-refractivity contribution in [2.75, 3.05) is 13.1 Å². The number of carbonyl (C=O) groups excluding carboxylic acids is 1. The molecule has 1 aromatic heterocycles. The van der Waals surface area contributed by atoms with Crippen LogP contribution in [0.5, 0.6) is 0 Å². The van der Waals surface area contributed by atoms with Crippen molar-refractivity contribution in [1.29, 1.82) is 0 Å². The minimum Gasteiger partial charge on any atom is -0.339 e. The maximum Gasteiger partial charge on any atom is 0.255 e. The first-order valence-electron chi connectivity index (χ1n) is 6.61. The van der Waals surface area contributed by atoms with Gasteiger partial charge in [0.1, 0.15) is 5.15 Å². The number of pyridine rings is 1. The predicted molar refractivity (Wildman–Crippen MR) is 72.8 cm³/mol. The van der Waals surface area contributed by atoms with Gasteiger partial charge in [0.25, 0.3) is 5.91 Å². The van der Waals surface area contributed by atoms with Crippen molar-refractivity contribution < 1.29 is 4.79 Å². The summed E-state index contributed by atoms with van der Waals surface area (Å²) in [5, 5.41) is 0.424. The number of carbonyl (C=O) groups is 1. The van der Waals surface area contributed by atoms with Gasteiger partial charge in [-0.1, -0.05) is 31.4 Å². The first kappa shape index (κ1) is 13.3. The van der Waals surface area contributed by atoms with E-state index in [0.29, 0.717) is 10.7 Å². The van der Waals surface area contributed by atoms with Crippen molar-refractivity contribution in [2.45, 2.75) is 32.6 Å². The highest BCUT2D eigenvalue weighted by Crippen LogP contribution is 2.22. The highest BCUT2D eigenvalue weighted by atomic mass is 35.5. The Bertz CT molecular complexity index is 397. The highest BCUT2D eigenvalue weighted by molar-refractivity contribution is 6.29. The van der Waals surface area contributed by atoms with Gasteiger partial charge >= 0.3 is 0 Å². The van der Waals surface area contributed by atoms with Gasteiger partial charge < -0.3 is 4.90 Å². The van der Waals surface area contributed by atoms with Crippen molar-refractivity contribution in [1.82, 2.24) is 9.88 Å². The van der Waals surface area contributed by atoms with Crippen LogP contribution in [0.15, 0.2) is 18.3 Å². The Kier molecular flexibility index (Phi) is 4.59. The number of rotatable bonds is 3. The molecule has 0 unspecified atom stereocenters. The zero-order valence-electron chi connectivity index (χ0n) is 10.7. The quantitative estimate of drug-likeness (QED) is 0.786. The molecular formula is C14H19ClN2O. The Balaban J connectivity index is 1.93. The van der Waals surface area contributed by atoms with Crippen LogP contribution in [0, 0.1) is 5.92 Å². The van der Waals surface area contributed by atoms with Gasteiger partial charge in [0.2, 0.25) is 0 Å². The summed E-state index contributed by atoms with van der Waals surface area (Å²) in [7, 11) is 0. The van der Waals surface area contributed by atoms with Gasteiger partial charge in [0.15, 0.2) is 0 Å². The SMILES string of the molecule is CCCC1CCN(C(=O)c2ccc(Cl)nc2)CC1. The molecule has 2 rings (SSSR count). The Morgan fingerprint density at radius 3 is 2.72 bits per heavy atom. The average molecular weight is 267 g/mol. The molecule has 1 saturated heterocycles. The first-order chi connectivity index (χ1) is 8.70. The van der Waals surface area contributed by atoms with Crippen LogP contribution in [0.4, 0.5) is 0 Å². The third-order valence-electron chi connectivity index (χ3n) is 3.57. The van der Waals surface area contributed by atoms with E-state index in [2.05, 4.69) is 11.9 Å². The van der Waals surface area contributed by atoms with E-state index in [4.69, 9.17) is 11.6 Å². The van der Waals surface area contributed by atoms with Crippen LogP contribution in [0.3, 0.4) is 0 Å². The van der Waals surface area contributed by atoms with Crippen molar-refractivity contribution in [3.8, 4) is 0 Å². The topological polar surface area (TPSA) is 33.2 Å². The molecule has 4 heteroatoms. The number of piperidine rings is 1. The van der Waals surface area contributed by atoms with E-state index in [1.54, 1.807) is 18.3 Å². The second-order valence-electron chi connectivity index (χ2n) is 4.89. The summed E-state index contributed by atoms with van der Waals surface area (Å²) in [6.07, 6.45) is 6.33. The van der Waals surface area contributed by atoms with Crippen LogP contribution >= 0.6 is 11.6 Å². The number of halogens is 1. The second-order valence-corrected chi connectivity index (χ2v) is 5.28. The van der Waals surface area contributed by atoms with E-state index in [1.807, 2.05) is 4.90 Å². The number of likely N-dealkylation sites (tertiary alicyclic amines) is 1. The molecule has 1 amide bonds. The summed E-state index contributed by atoms with van der Waals surface area (Å²) in [5.41, 5.74) is 0.633. The first-order valence-corrected chi connectivity index (χ1v) is 6.99. The Hall–Kier alpha value is -1.09. The van der Waals surface area contributed by atoms with E-state index in [-0.39, 0.29) is 5.91 Å². The Morgan fingerprint density at radius 2 is 2.17 bits per heavy atom. The monoisotopic (exact) mass is 266 g/mol. The fraction of sp³-hybridized carbons (Fsp3) is 0.571. The summed E-state index contributed by atoms with van der Waals surface area (Å²) in [4.78, 5) is 18.1. The molecular weight excluding hydrogens is 248 g/mol. The molecule has 0 bridgehead atoms. The standard InChI is InChI=1S/C14H19ClN2O/c1-2-3-11-6-8-17(9-7-11)14(18)12-4-5-13(15)16-10-12/h4-5,10-11H,2-3,6-9H2,1H3. The van der Waals surface area contributed by atoms with Crippen LogP contribution in [0.2, 0.25) is 5.15 Å². The molecule has 1 aliphatic rings. The predicted octanol–water partition coefficient (Wildman–Crippen LogP) is 3.39. The largest absolute Gasteiger partial charge is 0.339 e. The normalized spacial score (nSPS) is 16.9. The van der Waals surface area contributed by atoms with Crippen LogP contribution in [-0.2, 0) is 0 Å². The van der Waals surface area contributed by atoms with E-state index in [9.17, 15) is 4.79 Å². The van der Waals surface area contributed by atoms with Crippen molar-refractivity contribution >= 4 is 17.5 Å². The minimum atomic E-state index is 0.0779. The fourth-order valence-electron chi connectivity index (χ4n) is 2.52. The van der Waals surface area contributed by atoms with Crippen LogP contribution in [0.25, 0.3) is 0 Å². The zero-order chi connectivity index (χ0) is 13.0. The van der Waals surface area contributed by atoms with Crippen LogP contribution < -0.4 is 0 Å². The summed E-state index contributed by atoms with van der Waals surface area (Å²) >= 11 is 5.72. The van der Waals surface area contributed by atoms with Gasteiger partial charge in [-0.2, -0.15) is 0 Å². The van der Waals surface area contributed by atoms with Crippen molar-refractivity contribution in [3.63, 3.8) is 0 Å². The van der Waals surface area contributed by atoms with E-state index in [1.165, 1.54) is 12.8 Å². The molecule has 0 aromatic carbocycles. The minimum absolute atomic E-state index is 0.0779. The molecule has 2 heterocycles. The molecule has 18 heavy (non-hydrogen) atoms. The number of aromatic nitrogens is 1. The number of nitrogens with zero attached hydrogens (tertiary/aromatic N) is 2. The highest BCUT2D eigenvalue weighted by Gasteiger charge is 2.23. The van der Waals surface area contributed by atoms with E-state index in [0.717, 1.165) is 31.8 Å². The van der Waals surface area contributed by atoms with Gasteiger partial charge in [-0.25, -0.2) is 4.98 Å². The number of hydrogen-bond donors (Lipinski definition) is 0. The lowest BCUT2D eigenvalue weighted by Crippen LogP contribution is -2.38. The maximum atomic E-state index is 12.2. The lowest BCUT2D eigenvalue weighted by atomic mass is 9.92. The van der Waals surface area contributed by atoms with Crippen LogP contribution in [-0.4, -0.2) is 28.9 Å². The molecule has 1 aliphatic heterocycles.